The monoisotopic (exact) mass is 297 g/mol. The molecule has 0 radical (unpaired) electrons. The van der Waals surface area contributed by atoms with Crippen LogP contribution in [-0.2, 0) is 6.18 Å². The molecule has 0 atom stereocenters. The maximum absolute atomic E-state index is 12.4. The number of rotatable bonds is 3. The average Bonchev–Trinajstić information content (AvgIpc) is 2.37. The number of aryl methyl sites for hydroxylation is 1. The van der Waals surface area contributed by atoms with E-state index in [0.717, 1.165) is 24.3 Å². The van der Waals surface area contributed by atoms with Crippen molar-refractivity contribution in [3.05, 3.63) is 53.2 Å². The van der Waals surface area contributed by atoms with Crippen LogP contribution in [0, 0.1) is 6.92 Å². The molecule has 0 spiro atoms. The minimum atomic E-state index is -4.42. The number of carboxylic acids is 1. The van der Waals surface area contributed by atoms with Gasteiger partial charge in [0.2, 0.25) is 5.88 Å². The predicted molar refractivity (Wildman–Crippen MR) is 67.5 cm³/mol. The van der Waals surface area contributed by atoms with Crippen LogP contribution in [0.4, 0.5) is 13.2 Å². The third kappa shape index (κ3) is 3.71. The topological polar surface area (TPSA) is 59.4 Å². The van der Waals surface area contributed by atoms with Crippen molar-refractivity contribution < 1.29 is 27.8 Å². The predicted octanol–water partition coefficient (Wildman–Crippen LogP) is 3.90. The van der Waals surface area contributed by atoms with Crippen LogP contribution >= 0.6 is 0 Å². The van der Waals surface area contributed by atoms with E-state index in [0.29, 0.717) is 5.69 Å². The Morgan fingerprint density at radius 3 is 2.33 bits per heavy atom. The maximum Gasteiger partial charge on any atom is 0.416 e. The first-order chi connectivity index (χ1) is 9.75. The Morgan fingerprint density at radius 1 is 1.19 bits per heavy atom. The third-order valence-corrected chi connectivity index (χ3v) is 2.58. The van der Waals surface area contributed by atoms with E-state index in [4.69, 9.17) is 9.84 Å². The highest BCUT2D eigenvalue weighted by molar-refractivity contribution is 5.88. The standard InChI is InChI=1S/C14H10F3NO3/c1-8-6-9(13(19)20)7-12(18-8)21-11-4-2-10(3-5-11)14(15,16)17/h2-7H,1H3,(H,19,20). The fourth-order valence-electron chi connectivity index (χ4n) is 1.65. The highest BCUT2D eigenvalue weighted by Gasteiger charge is 2.30. The Kier molecular flexibility index (Phi) is 3.84. The van der Waals surface area contributed by atoms with Gasteiger partial charge in [0.15, 0.2) is 0 Å². The summed E-state index contributed by atoms with van der Waals surface area (Å²) in [5.74, 6) is -0.998. The highest BCUT2D eigenvalue weighted by atomic mass is 19.4. The van der Waals surface area contributed by atoms with Crippen molar-refractivity contribution in [3.8, 4) is 11.6 Å². The van der Waals surface area contributed by atoms with Crippen molar-refractivity contribution in [2.75, 3.05) is 0 Å². The molecule has 1 heterocycles. The van der Waals surface area contributed by atoms with Gasteiger partial charge in [-0.2, -0.15) is 13.2 Å². The number of nitrogens with zero attached hydrogens (tertiary/aromatic N) is 1. The summed E-state index contributed by atoms with van der Waals surface area (Å²) in [4.78, 5) is 14.9. The van der Waals surface area contributed by atoms with Crippen LogP contribution in [0.2, 0.25) is 0 Å². The molecule has 21 heavy (non-hydrogen) atoms. The molecule has 0 bridgehead atoms. The molecule has 0 aliphatic carbocycles. The summed E-state index contributed by atoms with van der Waals surface area (Å²) < 4.78 is 42.5. The summed E-state index contributed by atoms with van der Waals surface area (Å²) in [6, 6.07) is 6.61. The number of hydrogen-bond donors (Lipinski definition) is 1. The molecular formula is C14H10F3NO3. The minimum absolute atomic E-state index is 0.00663. The molecule has 0 unspecified atom stereocenters. The van der Waals surface area contributed by atoms with Crippen molar-refractivity contribution in [2.24, 2.45) is 0 Å². The summed E-state index contributed by atoms with van der Waals surface area (Å²) in [6.45, 7) is 1.59. The van der Waals surface area contributed by atoms with E-state index < -0.39 is 17.7 Å². The zero-order valence-corrected chi connectivity index (χ0v) is 10.8. The normalized spacial score (nSPS) is 11.2. The number of halogens is 3. The number of carbonyl (C=O) groups is 1. The first-order valence-electron chi connectivity index (χ1n) is 5.83. The molecule has 110 valence electrons. The van der Waals surface area contributed by atoms with Gasteiger partial charge in [0, 0.05) is 11.8 Å². The van der Waals surface area contributed by atoms with Gasteiger partial charge >= 0.3 is 12.1 Å². The molecule has 0 saturated carbocycles. The second kappa shape index (κ2) is 5.43. The van der Waals surface area contributed by atoms with Gasteiger partial charge in [0.1, 0.15) is 5.75 Å². The second-order valence-electron chi connectivity index (χ2n) is 4.26. The number of carboxylic acid groups (broad SMARTS) is 1. The number of ether oxygens (including phenoxy) is 1. The largest absolute Gasteiger partial charge is 0.478 e. The van der Waals surface area contributed by atoms with E-state index in [1.54, 1.807) is 6.92 Å². The Balaban J connectivity index is 2.24. The molecule has 0 saturated heterocycles. The Labute approximate surface area is 117 Å². The lowest BCUT2D eigenvalue weighted by Crippen LogP contribution is -2.04. The van der Waals surface area contributed by atoms with Crippen molar-refractivity contribution in [1.82, 2.24) is 4.98 Å². The van der Waals surface area contributed by atoms with Gasteiger partial charge in [-0.25, -0.2) is 9.78 Å². The highest BCUT2D eigenvalue weighted by Crippen LogP contribution is 2.31. The van der Waals surface area contributed by atoms with E-state index in [-0.39, 0.29) is 17.2 Å². The molecule has 2 rings (SSSR count). The van der Waals surface area contributed by atoms with E-state index in [2.05, 4.69) is 4.98 Å². The van der Waals surface area contributed by atoms with Crippen LogP contribution in [-0.4, -0.2) is 16.1 Å². The quantitative estimate of drug-likeness (QED) is 0.933. The SMILES string of the molecule is Cc1cc(C(=O)O)cc(Oc2ccc(C(F)(F)F)cc2)n1. The van der Waals surface area contributed by atoms with Crippen molar-refractivity contribution in [1.29, 1.82) is 0 Å². The smallest absolute Gasteiger partial charge is 0.416 e. The summed E-state index contributed by atoms with van der Waals surface area (Å²) in [5.41, 5.74) is -0.375. The van der Waals surface area contributed by atoms with Gasteiger partial charge in [0.25, 0.3) is 0 Å². The van der Waals surface area contributed by atoms with Gasteiger partial charge in [0.05, 0.1) is 11.1 Å². The first kappa shape index (κ1) is 14.8. The van der Waals surface area contributed by atoms with Crippen LogP contribution in [0.5, 0.6) is 11.6 Å². The van der Waals surface area contributed by atoms with E-state index in [9.17, 15) is 18.0 Å². The average molecular weight is 297 g/mol. The lowest BCUT2D eigenvalue weighted by Gasteiger charge is -2.09. The number of pyridine rings is 1. The zero-order chi connectivity index (χ0) is 15.6. The fraction of sp³-hybridized carbons (Fsp3) is 0.143. The molecular weight excluding hydrogens is 287 g/mol. The van der Waals surface area contributed by atoms with Crippen molar-refractivity contribution in [3.63, 3.8) is 0 Å². The summed E-state index contributed by atoms with van der Waals surface area (Å²) in [6.07, 6.45) is -4.42. The molecule has 7 heteroatoms. The molecule has 1 aromatic heterocycles. The van der Waals surface area contributed by atoms with Gasteiger partial charge in [-0.15, -0.1) is 0 Å². The molecule has 0 aliphatic rings. The number of aromatic nitrogens is 1. The fourth-order valence-corrected chi connectivity index (χ4v) is 1.65. The van der Waals surface area contributed by atoms with Crippen LogP contribution in [0.1, 0.15) is 21.6 Å². The molecule has 0 fully saturated rings. The Bertz CT molecular complexity index is 666. The maximum atomic E-state index is 12.4. The van der Waals surface area contributed by atoms with Crippen molar-refractivity contribution in [2.45, 2.75) is 13.1 Å². The van der Waals surface area contributed by atoms with Crippen LogP contribution < -0.4 is 4.74 Å². The minimum Gasteiger partial charge on any atom is -0.478 e. The number of hydrogen-bond acceptors (Lipinski definition) is 3. The van der Waals surface area contributed by atoms with E-state index >= 15 is 0 Å². The van der Waals surface area contributed by atoms with E-state index in [1.807, 2.05) is 0 Å². The summed E-state index contributed by atoms with van der Waals surface area (Å²) in [5, 5.41) is 8.92. The van der Waals surface area contributed by atoms with Gasteiger partial charge in [-0.1, -0.05) is 0 Å². The van der Waals surface area contributed by atoms with E-state index in [1.165, 1.54) is 12.1 Å². The van der Waals surface area contributed by atoms with Crippen molar-refractivity contribution >= 4 is 5.97 Å². The number of benzene rings is 1. The van der Waals surface area contributed by atoms with Crippen LogP contribution in [0.25, 0.3) is 0 Å². The lowest BCUT2D eigenvalue weighted by atomic mass is 10.2. The molecule has 0 aliphatic heterocycles. The molecule has 4 nitrogen and oxygen atoms in total. The van der Waals surface area contributed by atoms with Crippen LogP contribution in [0.15, 0.2) is 36.4 Å². The molecule has 1 aromatic carbocycles. The third-order valence-electron chi connectivity index (χ3n) is 2.58. The summed E-state index contributed by atoms with van der Waals surface area (Å²) >= 11 is 0. The summed E-state index contributed by atoms with van der Waals surface area (Å²) in [7, 11) is 0. The Hall–Kier alpha value is -2.57. The second-order valence-corrected chi connectivity index (χ2v) is 4.26. The zero-order valence-electron chi connectivity index (χ0n) is 10.8. The Morgan fingerprint density at radius 2 is 1.81 bits per heavy atom. The molecule has 2 aromatic rings. The van der Waals surface area contributed by atoms with Crippen LogP contribution in [0.3, 0.4) is 0 Å². The van der Waals surface area contributed by atoms with Gasteiger partial charge in [-0.05, 0) is 37.3 Å². The molecule has 0 amide bonds. The molecule has 1 N–H and O–H groups in total. The van der Waals surface area contributed by atoms with Gasteiger partial charge in [-0.3, -0.25) is 0 Å². The number of alkyl halides is 3. The first-order valence-corrected chi connectivity index (χ1v) is 5.83. The lowest BCUT2D eigenvalue weighted by molar-refractivity contribution is -0.137. The van der Waals surface area contributed by atoms with Gasteiger partial charge < -0.3 is 9.84 Å². The number of aromatic carboxylic acids is 1.